The molecule has 27 heavy (non-hydrogen) atoms. The van der Waals surface area contributed by atoms with E-state index in [1.54, 1.807) is 0 Å². The van der Waals surface area contributed by atoms with Gasteiger partial charge in [-0.2, -0.15) is 0 Å². The van der Waals surface area contributed by atoms with Crippen molar-refractivity contribution in [3.63, 3.8) is 0 Å². The molecule has 5 nitrogen and oxygen atoms in total. The number of piperidine rings is 1. The molecular formula is C21H28ClN3O2. The van der Waals surface area contributed by atoms with Crippen LogP contribution in [0, 0.1) is 5.41 Å². The van der Waals surface area contributed by atoms with Gasteiger partial charge in [-0.15, -0.1) is 0 Å². The lowest BCUT2D eigenvalue weighted by atomic mass is 9.77. The molecule has 2 aliphatic heterocycles. The van der Waals surface area contributed by atoms with E-state index in [9.17, 15) is 9.59 Å². The summed E-state index contributed by atoms with van der Waals surface area (Å²) in [5.74, 6) is 0.401. The maximum absolute atomic E-state index is 12.6. The van der Waals surface area contributed by atoms with Gasteiger partial charge in [0.1, 0.15) is 0 Å². The molecule has 1 saturated carbocycles. The van der Waals surface area contributed by atoms with E-state index in [1.165, 1.54) is 0 Å². The first-order valence-electron chi connectivity index (χ1n) is 10.0. The summed E-state index contributed by atoms with van der Waals surface area (Å²) in [6.45, 7) is 5.26. The number of rotatable bonds is 5. The summed E-state index contributed by atoms with van der Waals surface area (Å²) in [5.41, 5.74) is 1.19. The molecule has 2 amide bonds. The fraction of sp³-hybridized carbons (Fsp3) is 0.619. The van der Waals surface area contributed by atoms with Gasteiger partial charge < -0.3 is 10.2 Å². The first-order chi connectivity index (χ1) is 12.9. The van der Waals surface area contributed by atoms with E-state index in [4.69, 9.17) is 11.6 Å². The quantitative estimate of drug-likeness (QED) is 0.842. The zero-order chi connectivity index (χ0) is 19.0. The highest BCUT2D eigenvalue weighted by Crippen LogP contribution is 2.42. The SMILES string of the molecule is C[C@H](C(=O)NC1CC1)N1CCC2(CC1)CC(=O)N(Cc1ccc(Cl)cc1)C2. The van der Waals surface area contributed by atoms with Gasteiger partial charge in [-0.3, -0.25) is 14.5 Å². The smallest absolute Gasteiger partial charge is 0.237 e. The van der Waals surface area contributed by atoms with Crippen LogP contribution in [0.2, 0.25) is 5.02 Å². The standard InChI is InChI=1S/C21H28ClN3O2/c1-15(20(27)23-18-6-7-18)24-10-8-21(9-11-24)12-19(26)25(14-21)13-16-2-4-17(22)5-3-16/h2-5,15,18H,6-14H2,1H3,(H,23,27)/t15-/m1/s1. The summed E-state index contributed by atoms with van der Waals surface area (Å²) in [7, 11) is 0. The summed E-state index contributed by atoms with van der Waals surface area (Å²) >= 11 is 5.95. The molecule has 1 aliphatic carbocycles. The summed E-state index contributed by atoms with van der Waals surface area (Å²) < 4.78 is 0. The van der Waals surface area contributed by atoms with Gasteiger partial charge in [0.15, 0.2) is 0 Å². The van der Waals surface area contributed by atoms with Crippen molar-refractivity contribution in [2.45, 2.75) is 57.7 Å². The number of benzene rings is 1. The number of nitrogens with zero attached hydrogens (tertiary/aromatic N) is 2. The number of amides is 2. The van der Waals surface area contributed by atoms with E-state index in [0.717, 1.165) is 55.9 Å². The Labute approximate surface area is 166 Å². The molecular weight excluding hydrogens is 362 g/mol. The first-order valence-corrected chi connectivity index (χ1v) is 10.4. The molecule has 1 atom stereocenters. The zero-order valence-electron chi connectivity index (χ0n) is 15.9. The van der Waals surface area contributed by atoms with Crippen molar-refractivity contribution < 1.29 is 9.59 Å². The van der Waals surface area contributed by atoms with Crippen LogP contribution in [0.5, 0.6) is 0 Å². The van der Waals surface area contributed by atoms with Crippen LogP contribution < -0.4 is 5.32 Å². The van der Waals surface area contributed by atoms with Gasteiger partial charge in [0.25, 0.3) is 0 Å². The van der Waals surface area contributed by atoms with Crippen molar-refractivity contribution in [3.05, 3.63) is 34.9 Å². The van der Waals surface area contributed by atoms with Gasteiger partial charge in [-0.05, 0) is 68.8 Å². The number of halogens is 1. The van der Waals surface area contributed by atoms with Crippen molar-refractivity contribution in [3.8, 4) is 0 Å². The highest BCUT2D eigenvalue weighted by Gasteiger charge is 2.45. The molecule has 0 unspecified atom stereocenters. The molecule has 146 valence electrons. The Kier molecular flexibility index (Phi) is 5.17. The van der Waals surface area contributed by atoms with Crippen molar-refractivity contribution >= 4 is 23.4 Å². The molecule has 6 heteroatoms. The molecule has 1 aromatic rings. The van der Waals surface area contributed by atoms with Crippen LogP contribution in [0.15, 0.2) is 24.3 Å². The minimum absolute atomic E-state index is 0.0761. The zero-order valence-corrected chi connectivity index (χ0v) is 16.7. The average Bonchev–Trinajstić information content (AvgIpc) is 3.41. The molecule has 1 spiro atoms. The Morgan fingerprint density at radius 2 is 1.93 bits per heavy atom. The van der Waals surface area contributed by atoms with Crippen molar-refractivity contribution in [1.82, 2.24) is 15.1 Å². The lowest BCUT2D eigenvalue weighted by Crippen LogP contribution is -2.51. The molecule has 0 radical (unpaired) electrons. The second-order valence-electron chi connectivity index (χ2n) is 8.55. The van der Waals surface area contributed by atoms with Crippen LogP contribution in [0.4, 0.5) is 0 Å². The van der Waals surface area contributed by atoms with Gasteiger partial charge in [0, 0.05) is 30.6 Å². The van der Waals surface area contributed by atoms with Crippen LogP contribution in [0.25, 0.3) is 0 Å². The summed E-state index contributed by atoms with van der Waals surface area (Å²) in [4.78, 5) is 29.2. The summed E-state index contributed by atoms with van der Waals surface area (Å²) in [6.07, 6.45) is 4.84. The fourth-order valence-corrected chi connectivity index (χ4v) is 4.50. The molecule has 1 N–H and O–H groups in total. The average molecular weight is 390 g/mol. The Bertz CT molecular complexity index is 709. The maximum Gasteiger partial charge on any atom is 0.237 e. The van der Waals surface area contributed by atoms with Gasteiger partial charge >= 0.3 is 0 Å². The topological polar surface area (TPSA) is 52.7 Å². The third-order valence-electron chi connectivity index (χ3n) is 6.40. The Hall–Kier alpha value is -1.59. The number of hydrogen-bond donors (Lipinski definition) is 1. The lowest BCUT2D eigenvalue weighted by Gasteiger charge is -2.40. The predicted octanol–water partition coefficient (Wildman–Crippen LogP) is 2.82. The number of nitrogens with one attached hydrogen (secondary N) is 1. The minimum atomic E-state index is -0.0785. The van der Waals surface area contributed by atoms with E-state index < -0.39 is 0 Å². The van der Waals surface area contributed by atoms with E-state index in [1.807, 2.05) is 36.1 Å². The van der Waals surface area contributed by atoms with Crippen LogP contribution in [0.1, 0.15) is 44.6 Å². The molecule has 3 aliphatic rings. The van der Waals surface area contributed by atoms with Crippen molar-refractivity contribution in [2.75, 3.05) is 19.6 Å². The van der Waals surface area contributed by atoms with Gasteiger partial charge in [0.05, 0.1) is 6.04 Å². The van der Waals surface area contributed by atoms with E-state index >= 15 is 0 Å². The molecule has 2 saturated heterocycles. The summed E-state index contributed by atoms with van der Waals surface area (Å²) in [6, 6.07) is 8.06. The van der Waals surface area contributed by atoms with Gasteiger partial charge in [-0.25, -0.2) is 0 Å². The Morgan fingerprint density at radius 3 is 2.56 bits per heavy atom. The van der Waals surface area contributed by atoms with Crippen LogP contribution >= 0.6 is 11.6 Å². The van der Waals surface area contributed by atoms with Crippen molar-refractivity contribution in [1.29, 1.82) is 0 Å². The minimum Gasteiger partial charge on any atom is -0.352 e. The van der Waals surface area contributed by atoms with Crippen LogP contribution in [0.3, 0.4) is 0 Å². The molecule has 3 fully saturated rings. The van der Waals surface area contributed by atoms with Gasteiger partial charge in [0.2, 0.25) is 11.8 Å². The Morgan fingerprint density at radius 1 is 1.26 bits per heavy atom. The molecule has 0 bridgehead atoms. The monoisotopic (exact) mass is 389 g/mol. The molecule has 4 rings (SSSR count). The highest BCUT2D eigenvalue weighted by atomic mass is 35.5. The van der Waals surface area contributed by atoms with Crippen molar-refractivity contribution in [2.24, 2.45) is 5.41 Å². The van der Waals surface area contributed by atoms with E-state index in [0.29, 0.717) is 19.0 Å². The molecule has 0 aromatic heterocycles. The molecule has 1 aromatic carbocycles. The lowest BCUT2D eigenvalue weighted by molar-refractivity contribution is -0.129. The third kappa shape index (κ3) is 4.30. The second-order valence-corrected chi connectivity index (χ2v) is 8.98. The maximum atomic E-state index is 12.6. The van der Waals surface area contributed by atoms with Crippen LogP contribution in [-0.4, -0.2) is 53.3 Å². The van der Waals surface area contributed by atoms with Crippen LogP contribution in [-0.2, 0) is 16.1 Å². The third-order valence-corrected chi connectivity index (χ3v) is 6.65. The summed E-state index contributed by atoms with van der Waals surface area (Å²) in [5, 5.41) is 3.82. The first kappa shape index (κ1) is 18.8. The molecule has 2 heterocycles. The second kappa shape index (κ2) is 7.44. The predicted molar refractivity (Wildman–Crippen MR) is 105 cm³/mol. The number of carbonyl (C=O) groups excluding carboxylic acids is 2. The van der Waals surface area contributed by atoms with E-state index in [-0.39, 0.29) is 23.3 Å². The normalized spacial score (nSPS) is 23.6. The highest BCUT2D eigenvalue weighted by molar-refractivity contribution is 6.30. The Balaban J connectivity index is 1.32. The van der Waals surface area contributed by atoms with Gasteiger partial charge in [-0.1, -0.05) is 23.7 Å². The fourth-order valence-electron chi connectivity index (χ4n) is 4.37. The number of carbonyl (C=O) groups is 2. The number of hydrogen-bond acceptors (Lipinski definition) is 3. The largest absolute Gasteiger partial charge is 0.352 e. The van der Waals surface area contributed by atoms with E-state index in [2.05, 4.69) is 10.2 Å². The number of likely N-dealkylation sites (tertiary alicyclic amines) is 2.